The number of anilines is 3. The number of hydrogen-bond donors (Lipinski definition) is 3. The van der Waals surface area contributed by atoms with Crippen LogP contribution in [0.5, 0.6) is 0 Å². The summed E-state index contributed by atoms with van der Waals surface area (Å²) < 4.78 is 0. The number of amidine groups is 1. The molecule has 8 nitrogen and oxygen atoms in total. The molecule has 1 fully saturated rings. The highest BCUT2D eigenvalue weighted by Crippen LogP contribution is 2.36. The fraction of sp³-hybridized carbons (Fsp3) is 0.348. The molecule has 0 bridgehead atoms. The summed E-state index contributed by atoms with van der Waals surface area (Å²) >= 11 is 12.7. The Morgan fingerprint density at radius 2 is 1.76 bits per heavy atom. The molecule has 0 aliphatic carbocycles. The number of piperazine rings is 1. The Balaban J connectivity index is 1.30. The van der Waals surface area contributed by atoms with Crippen molar-refractivity contribution < 1.29 is 4.79 Å². The molecule has 0 spiro atoms. The van der Waals surface area contributed by atoms with Gasteiger partial charge in [-0.05, 0) is 43.3 Å². The van der Waals surface area contributed by atoms with Gasteiger partial charge in [0, 0.05) is 37.6 Å². The summed E-state index contributed by atoms with van der Waals surface area (Å²) in [6.45, 7) is 6.06. The molecule has 2 aromatic rings. The Morgan fingerprint density at radius 1 is 1.06 bits per heavy atom. The molecular formula is C23H25Cl2N7O. The van der Waals surface area contributed by atoms with Gasteiger partial charge in [0.1, 0.15) is 18.4 Å². The molecule has 10 heteroatoms. The van der Waals surface area contributed by atoms with Crippen molar-refractivity contribution in [1.29, 1.82) is 0 Å². The molecule has 3 N–H and O–H groups in total. The van der Waals surface area contributed by atoms with E-state index in [1.807, 2.05) is 19.1 Å². The average Bonchev–Trinajstić information content (AvgIpc) is 2.81. The Hall–Kier alpha value is -2.81. The molecule has 2 unspecified atom stereocenters. The van der Waals surface area contributed by atoms with Crippen molar-refractivity contribution in [3.05, 3.63) is 52.5 Å². The minimum atomic E-state index is -0.522. The number of guanidine groups is 1. The van der Waals surface area contributed by atoms with Crippen LogP contribution in [-0.4, -0.2) is 56.6 Å². The van der Waals surface area contributed by atoms with Crippen LogP contribution in [0.15, 0.2) is 52.4 Å². The van der Waals surface area contributed by atoms with Crippen LogP contribution in [0.2, 0.25) is 10.0 Å². The topological polar surface area (TPSA) is 84.4 Å². The number of para-hydroxylation sites is 1. The van der Waals surface area contributed by atoms with E-state index < -0.39 is 5.92 Å². The molecule has 3 aliphatic rings. The van der Waals surface area contributed by atoms with Crippen LogP contribution in [0.25, 0.3) is 0 Å². The molecular weight excluding hydrogens is 461 g/mol. The fourth-order valence-electron chi connectivity index (χ4n) is 4.39. The summed E-state index contributed by atoms with van der Waals surface area (Å²) in [4.78, 5) is 26.5. The molecule has 3 aliphatic heterocycles. The van der Waals surface area contributed by atoms with E-state index in [1.165, 1.54) is 10.6 Å². The van der Waals surface area contributed by atoms with Crippen molar-refractivity contribution in [1.82, 2.24) is 10.6 Å². The first-order valence-corrected chi connectivity index (χ1v) is 11.7. The summed E-state index contributed by atoms with van der Waals surface area (Å²) in [6.07, 6.45) is 0. The highest BCUT2D eigenvalue weighted by atomic mass is 35.5. The SMILES string of the molecule is CC1N=C(Nc2ccc(N3CCNCC3)cc2)NC2=NCN(c3c(Cl)cccc3Cl)C(=O)C21. The first-order chi connectivity index (χ1) is 16.0. The summed E-state index contributed by atoms with van der Waals surface area (Å²) in [5, 5.41) is 10.7. The first-order valence-electron chi connectivity index (χ1n) is 11.0. The number of fused-ring (bicyclic) bond motifs is 1. The largest absolute Gasteiger partial charge is 0.369 e. The van der Waals surface area contributed by atoms with E-state index in [9.17, 15) is 4.79 Å². The molecule has 2 atom stereocenters. The third kappa shape index (κ3) is 4.38. The second kappa shape index (κ2) is 9.21. The third-order valence-corrected chi connectivity index (χ3v) is 6.70. The van der Waals surface area contributed by atoms with E-state index in [1.54, 1.807) is 18.2 Å². The predicted octanol–water partition coefficient (Wildman–Crippen LogP) is 3.18. The van der Waals surface area contributed by atoms with Crippen molar-refractivity contribution in [3.8, 4) is 0 Å². The summed E-state index contributed by atoms with van der Waals surface area (Å²) in [7, 11) is 0. The molecule has 0 radical (unpaired) electrons. The van der Waals surface area contributed by atoms with Crippen molar-refractivity contribution >= 4 is 58.0 Å². The molecule has 2 aromatic carbocycles. The minimum Gasteiger partial charge on any atom is -0.369 e. The van der Waals surface area contributed by atoms with Crippen LogP contribution >= 0.6 is 23.2 Å². The zero-order valence-electron chi connectivity index (χ0n) is 18.2. The van der Waals surface area contributed by atoms with Gasteiger partial charge in [-0.15, -0.1) is 0 Å². The highest BCUT2D eigenvalue weighted by molar-refractivity contribution is 6.40. The number of benzene rings is 2. The van der Waals surface area contributed by atoms with E-state index >= 15 is 0 Å². The third-order valence-electron chi connectivity index (χ3n) is 6.09. The second-order valence-electron chi connectivity index (χ2n) is 8.25. The second-order valence-corrected chi connectivity index (χ2v) is 9.07. The van der Waals surface area contributed by atoms with Gasteiger partial charge >= 0.3 is 0 Å². The van der Waals surface area contributed by atoms with Crippen molar-refractivity contribution in [2.45, 2.75) is 13.0 Å². The number of carbonyl (C=O) groups is 1. The molecule has 172 valence electrons. The molecule has 0 saturated carbocycles. The quantitative estimate of drug-likeness (QED) is 0.621. The fourth-order valence-corrected chi connectivity index (χ4v) is 4.99. The standard InChI is InChI=1S/C23H25Cl2N7O/c1-14-19-21(27-13-32(22(19)33)20-17(24)3-2-4-18(20)25)30-23(28-14)29-15-5-7-16(8-6-15)31-11-9-26-10-12-31/h2-8,14,19,26H,9-13H2,1H3,(H2,27,28,29,30). The van der Waals surface area contributed by atoms with Gasteiger partial charge in [0.15, 0.2) is 0 Å². The number of amides is 1. The molecule has 3 heterocycles. The number of rotatable bonds is 3. The van der Waals surface area contributed by atoms with Gasteiger partial charge in [0.2, 0.25) is 11.9 Å². The van der Waals surface area contributed by atoms with Crippen LogP contribution in [0.1, 0.15) is 6.92 Å². The monoisotopic (exact) mass is 485 g/mol. The molecule has 1 amide bonds. The Morgan fingerprint density at radius 3 is 2.45 bits per heavy atom. The Bertz CT molecular complexity index is 1090. The highest BCUT2D eigenvalue weighted by Gasteiger charge is 2.41. The summed E-state index contributed by atoms with van der Waals surface area (Å²) in [6, 6.07) is 13.2. The molecule has 5 rings (SSSR count). The lowest BCUT2D eigenvalue weighted by atomic mass is 9.95. The number of aliphatic imine (C=N–C) groups is 2. The van der Waals surface area contributed by atoms with Gasteiger partial charge < -0.3 is 20.9 Å². The normalized spacial score (nSPS) is 22.8. The lowest BCUT2D eigenvalue weighted by molar-refractivity contribution is -0.121. The lowest BCUT2D eigenvalue weighted by Gasteiger charge is -2.37. The van der Waals surface area contributed by atoms with Crippen molar-refractivity contribution in [3.63, 3.8) is 0 Å². The van der Waals surface area contributed by atoms with E-state index in [-0.39, 0.29) is 18.6 Å². The number of carbonyl (C=O) groups excluding carboxylic acids is 1. The van der Waals surface area contributed by atoms with Crippen molar-refractivity contribution in [2.75, 3.05) is 48.0 Å². The number of nitrogens with zero attached hydrogens (tertiary/aromatic N) is 4. The number of nitrogens with one attached hydrogen (secondary N) is 3. The predicted molar refractivity (Wildman–Crippen MR) is 135 cm³/mol. The van der Waals surface area contributed by atoms with Gasteiger partial charge in [0.05, 0.1) is 21.8 Å². The number of hydrogen-bond acceptors (Lipinski definition) is 7. The van der Waals surface area contributed by atoms with E-state index in [0.29, 0.717) is 27.5 Å². The maximum absolute atomic E-state index is 13.3. The zero-order chi connectivity index (χ0) is 22.9. The van der Waals surface area contributed by atoms with Gasteiger partial charge in [0.25, 0.3) is 0 Å². The Labute approximate surface area is 202 Å². The van der Waals surface area contributed by atoms with Crippen molar-refractivity contribution in [2.24, 2.45) is 15.9 Å². The van der Waals surface area contributed by atoms with Crippen LogP contribution in [0.4, 0.5) is 17.1 Å². The van der Waals surface area contributed by atoms with Crippen LogP contribution < -0.4 is 25.8 Å². The molecule has 0 aromatic heterocycles. The van der Waals surface area contributed by atoms with Crippen LogP contribution in [0, 0.1) is 5.92 Å². The zero-order valence-corrected chi connectivity index (χ0v) is 19.7. The van der Waals surface area contributed by atoms with Gasteiger partial charge in [-0.3, -0.25) is 9.69 Å². The minimum absolute atomic E-state index is 0.127. The maximum Gasteiger partial charge on any atom is 0.241 e. The number of halogens is 2. The van der Waals surface area contributed by atoms with E-state index in [2.05, 4.69) is 43.0 Å². The smallest absolute Gasteiger partial charge is 0.241 e. The molecule has 33 heavy (non-hydrogen) atoms. The lowest BCUT2D eigenvalue weighted by Crippen LogP contribution is -2.57. The first kappa shape index (κ1) is 22.0. The average molecular weight is 486 g/mol. The summed E-state index contributed by atoms with van der Waals surface area (Å²) in [5.41, 5.74) is 2.60. The molecule has 1 saturated heterocycles. The van der Waals surface area contributed by atoms with Crippen LogP contribution in [0.3, 0.4) is 0 Å². The van der Waals surface area contributed by atoms with E-state index in [0.717, 1.165) is 31.9 Å². The van der Waals surface area contributed by atoms with Gasteiger partial charge in [-0.2, -0.15) is 0 Å². The summed E-state index contributed by atoms with van der Waals surface area (Å²) in [5.74, 6) is 0.524. The Kier molecular flexibility index (Phi) is 6.14. The maximum atomic E-state index is 13.3. The van der Waals surface area contributed by atoms with E-state index in [4.69, 9.17) is 23.2 Å². The van der Waals surface area contributed by atoms with Gasteiger partial charge in [-0.1, -0.05) is 29.3 Å². The van der Waals surface area contributed by atoms with Crippen LogP contribution in [-0.2, 0) is 4.79 Å². The van der Waals surface area contributed by atoms with Gasteiger partial charge in [-0.25, -0.2) is 9.98 Å².